The van der Waals surface area contributed by atoms with Crippen LogP contribution in [0.25, 0.3) is 0 Å². The maximum absolute atomic E-state index is 6.14. The fourth-order valence-electron chi connectivity index (χ4n) is 2.70. The molecule has 4 heteroatoms. The molecule has 1 aromatic carbocycles. The molecule has 1 unspecified atom stereocenters. The third-order valence-electron chi connectivity index (χ3n) is 3.35. The van der Waals surface area contributed by atoms with Crippen molar-refractivity contribution in [2.24, 2.45) is 0 Å². The normalized spacial score (nSPS) is 12.3. The van der Waals surface area contributed by atoms with Crippen molar-refractivity contribution in [2.45, 2.75) is 33.7 Å². The van der Waals surface area contributed by atoms with Gasteiger partial charge in [0.25, 0.3) is 0 Å². The van der Waals surface area contributed by atoms with Gasteiger partial charge in [-0.25, -0.2) is 4.98 Å². The number of halogens is 2. The molecule has 0 amide bonds. The second kappa shape index (κ2) is 6.15. The van der Waals surface area contributed by atoms with Gasteiger partial charge in [0.2, 0.25) is 0 Å². The van der Waals surface area contributed by atoms with Crippen molar-refractivity contribution >= 4 is 33.2 Å². The lowest BCUT2D eigenvalue weighted by Crippen LogP contribution is -2.11. The van der Waals surface area contributed by atoms with E-state index in [1.807, 2.05) is 6.07 Å². The van der Waals surface area contributed by atoms with E-state index in [0.717, 1.165) is 10.2 Å². The zero-order valence-corrected chi connectivity index (χ0v) is 14.4. The van der Waals surface area contributed by atoms with Crippen LogP contribution in [0.5, 0.6) is 0 Å². The zero-order chi connectivity index (χ0) is 14.9. The summed E-state index contributed by atoms with van der Waals surface area (Å²) in [5.74, 6) is 0. The van der Waals surface area contributed by atoms with E-state index in [-0.39, 0.29) is 6.04 Å². The molecule has 0 saturated carbocycles. The molecular weight excluding hydrogens is 336 g/mol. The average molecular weight is 354 g/mol. The second-order valence-electron chi connectivity index (χ2n) is 5.17. The Morgan fingerprint density at radius 1 is 1.15 bits per heavy atom. The summed E-state index contributed by atoms with van der Waals surface area (Å²) in [5.41, 5.74) is 6.03. The van der Waals surface area contributed by atoms with Gasteiger partial charge < -0.3 is 5.32 Å². The van der Waals surface area contributed by atoms with Crippen LogP contribution >= 0.6 is 27.5 Å². The summed E-state index contributed by atoms with van der Waals surface area (Å²) in [4.78, 5) is 4.14. The number of anilines is 1. The van der Waals surface area contributed by atoms with Crippen molar-refractivity contribution in [3.05, 3.63) is 56.3 Å². The Hall–Kier alpha value is -1.06. The van der Waals surface area contributed by atoms with Gasteiger partial charge in [0, 0.05) is 16.7 Å². The number of aryl methyl sites for hydroxylation is 3. The molecule has 1 aromatic heterocycles. The Bertz CT molecular complexity index is 617. The molecule has 0 fully saturated rings. The van der Waals surface area contributed by atoms with E-state index in [1.165, 1.54) is 22.3 Å². The molecule has 0 radical (unpaired) electrons. The summed E-state index contributed by atoms with van der Waals surface area (Å²) >= 11 is 9.56. The number of nitrogens with one attached hydrogen (secondary N) is 1. The first-order valence-corrected chi connectivity index (χ1v) is 7.71. The lowest BCUT2D eigenvalue weighted by atomic mass is 9.95. The number of benzene rings is 1. The zero-order valence-electron chi connectivity index (χ0n) is 12.1. The molecule has 106 valence electrons. The molecule has 0 bridgehead atoms. The second-order valence-corrected chi connectivity index (χ2v) is 6.44. The van der Waals surface area contributed by atoms with Crippen molar-refractivity contribution in [1.82, 2.24) is 4.98 Å². The monoisotopic (exact) mass is 352 g/mol. The van der Waals surface area contributed by atoms with E-state index < -0.39 is 0 Å². The third-order valence-corrected chi connectivity index (χ3v) is 4.08. The fraction of sp³-hybridized carbons (Fsp3) is 0.312. The van der Waals surface area contributed by atoms with Crippen LogP contribution in [0.3, 0.4) is 0 Å². The minimum Gasteiger partial charge on any atom is -0.376 e. The Labute approximate surface area is 133 Å². The SMILES string of the molecule is Cc1cc(C)c(C(C)Nc2cc(Br)cnc2Cl)c(C)c1. The Morgan fingerprint density at radius 2 is 1.75 bits per heavy atom. The van der Waals surface area contributed by atoms with E-state index in [0.29, 0.717) is 5.15 Å². The molecule has 1 N–H and O–H groups in total. The highest BCUT2D eigenvalue weighted by Crippen LogP contribution is 2.30. The van der Waals surface area contributed by atoms with Gasteiger partial charge in [0.15, 0.2) is 5.15 Å². The van der Waals surface area contributed by atoms with Crippen molar-refractivity contribution in [2.75, 3.05) is 5.32 Å². The van der Waals surface area contributed by atoms with Crippen LogP contribution in [0.2, 0.25) is 5.15 Å². The quantitative estimate of drug-likeness (QED) is 0.727. The van der Waals surface area contributed by atoms with Crippen LogP contribution in [0.15, 0.2) is 28.9 Å². The van der Waals surface area contributed by atoms with Crippen molar-refractivity contribution < 1.29 is 0 Å². The molecule has 0 aliphatic carbocycles. The first-order valence-electron chi connectivity index (χ1n) is 6.54. The number of nitrogens with zero attached hydrogens (tertiary/aromatic N) is 1. The largest absolute Gasteiger partial charge is 0.376 e. The first-order chi connectivity index (χ1) is 9.38. The molecule has 1 heterocycles. The lowest BCUT2D eigenvalue weighted by molar-refractivity contribution is 0.860. The van der Waals surface area contributed by atoms with E-state index in [4.69, 9.17) is 11.6 Å². The fourth-order valence-corrected chi connectivity index (χ4v) is 3.19. The van der Waals surface area contributed by atoms with Gasteiger partial charge in [-0.2, -0.15) is 0 Å². The number of aromatic nitrogens is 1. The Morgan fingerprint density at radius 3 is 2.35 bits per heavy atom. The predicted octanol–water partition coefficient (Wildman–Crippen LogP) is 5.60. The summed E-state index contributed by atoms with van der Waals surface area (Å²) in [7, 11) is 0. The van der Waals surface area contributed by atoms with E-state index in [1.54, 1.807) is 6.20 Å². The maximum Gasteiger partial charge on any atom is 0.152 e. The summed E-state index contributed by atoms with van der Waals surface area (Å²) in [6, 6.07) is 6.54. The van der Waals surface area contributed by atoms with Gasteiger partial charge in [-0.1, -0.05) is 29.3 Å². The molecular formula is C16H18BrClN2. The van der Waals surface area contributed by atoms with Crippen LogP contribution in [-0.4, -0.2) is 4.98 Å². The standard InChI is InChI=1S/C16H18BrClN2/c1-9-5-10(2)15(11(3)6-9)12(4)20-14-7-13(17)8-19-16(14)18/h5-8,12,20H,1-4H3. The van der Waals surface area contributed by atoms with Gasteiger partial charge in [-0.05, 0) is 66.4 Å². The van der Waals surface area contributed by atoms with Gasteiger partial charge in [0.1, 0.15) is 0 Å². The summed E-state index contributed by atoms with van der Waals surface area (Å²) < 4.78 is 0.911. The number of rotatable bonds is 3. The predicted molar refractivity (Wildman–Crippen MR) is 89.6 cm³/mol. The first kappa shape index (κ1) is 15.3. The van der Waals surface area contributed by atoms with Crippen LogP contribution in [0.1, 0.15) is 35.2 Å². The number of hydrogen-bond acceptors (Lipinski definition) is 2. The lowest BCUT2D eigenvalue weighted by Gasteiger charge is -2.21. The van der Waals surface area contributed by atoms with Crippen molar-refractivity contribution in [1.29, 1.82) is 0 Å². The summed E-state index contributed by atoms with van der Waals surface area (Å²) in [6.45, 7) is 8.56. The van der Waals surface area contributed by atoms with E-state index in [2.05, 4.69) is 66.1 Å². The molecule has 0 aliphatic rings. The highest BCUT2D eigenvalue weighted by atomic mass is 79.9. The maximum atomic E-state index is 6.14. The topological polar surface area (TPSA) is 24.9 Å². The van der Waals surface area contributed by atoms with Crippen molar-refractivity contribution in [3.8, 4) is 0 Å². The van der Waals surface area contributed by atoms with Crippen LogP contribution in [0, 0.1) is 20.8 Å². The number of hydrogen-bond donors (Lipinski definition) is 1. The van der Waals surface area contributed by atoms with Crippen molar-refractivity contribution in [3.63, 3.8) is 0 Å². The minimum atomic E-state index is 0.171. The summed E-state index contributed by atoms with van der Waals surface area (Å²) in [6.07, 6.45) is 1.69. The molecule has 2 aromatic rings. The smallest absolute Gasteiger partial charge is 0.152 e. The Kier molecular flexibility index (Phi) is 4.71. The number of pyridine rings is 1. The average Bonchev–Trinajstić information content (AvgIpc) is 2.32. The van der Waals surface area contributed by atoms with Gasteiger partial charge in [-0.3, -0.25) is 0 Å². The third kappa shape index (κ3) is 3.33. The Balaban J connectivity index is 2.33. The van der Waals surface area contributed by atoms with Crippen LogP contribution < -0.4 is 5.32 Å². The molecule has 2 rings (SSSR count). The van der Waals surface area contributed by atoms with Crippen LogP contribution in [-0.2, 0) is 0 Å². The van der Waals surface area contributed by atoms with Gasteiger partial charge in [-0.15, -0.1) is 0 Å². The highest BCUT2D eigenvalue weighted by molar-refractivity contribution is 9.10. The van der Waals surface area contributed by atoms with Gasteiger partial charge >= 0.3 is 0 Å². The van der Waals surface area contributed by atoms with Crippen LogP contribution in [0.4, 0.5) is 5.69 Å². The molecule has 0 saturated heterocycles. The molecule has 2 nitrogen and oxygen atoms in total. The summed E-state index contributed by atoms with van der Waals surface area (Å²) in [5, 5.41) is 3.93. The molecule has 0 aliphatic heterocycles. The highest BCUT2D eigenvalue weighted by Gasteiger charge is 2.13. The molecule has 0 spiro atoms. The minimum absolute atomic E-state index is 0.171. The molecule has 20 heavy (non-hydrogen) atoms. The van der Waals surface area contributed by atoms with E-state index in [9.17, 15) is 0 Å². The molecule has 1 atom stereocenters. The van der Waals surface area contributed by atoms with Gasteiger partial charge in [0.05, 0.1) is 5.69 Å². The van der Waals surface area contributed by atoms with E-state index >= 15 is 0 Å².